The van der Waals surface area contributed by atoms with Crippen LogP contribution in [-0.4, -0.2) is 47.5 Å². The number of aryl methyl sites for hydroxylation is 1. The van der Waals surface area contributed by atoms with Crippen LogP contribution in [0.5, 0.6) is 5.75 Å². The Morgan fingerprint density at radius 3 is 2.65 bits per heavy atom. The summed E-state index contributed by atoms with van der Waals surface area (Å²) in [7, 11) is 1.98. The number of aromatic nitrogens is 2. The van der Waals surface area contributed by atoms with Crippen molar-refractivity contribution in [1.82, 2.24) is 15.0 Å². The minimum absolute atomic E-state index is 0.0481. The van der Waals surface area contributed by atoms with Crippen LogP contribution in [0, 0.1) is 6.92 Å². The van der Waals surface area contributed by atoms with Crippen LogP contribution in [0.1, 0.15) is 39.7 Å². The molecule has 0 bridgehead atoms. The number of ether oxygens (including phenoxy) is 2. The van der Waals surface area contributed by atoms with Crippen molar-refractivity contribution in [2.45, 2.75) is 38.3 Å². The number of rotatable bonds is 9. The van der Waals surface area contributed by atoms with Gasteiger partial charge in [-0.1, -0.05) is 47.6 Å². The second-order valence-electron chi connectivity index (χ2n) is 8.96. The Kier molecular flexibility index (Phi) is 7.36. The number of benzene rings is 2. The first-order chi connectivity index (χ1) is 18.0. The zero-order valence-corrected chi connectivity index (χ0v) is 21.4. The molecule has 1 saturated heterocycles. The molecule has 4 aromatic rings. The van der Waals surface area contributed by atoms with Crippen molar-refractivity contribution in [3.8, 4) is 5.75 Å². The van der Waals surface area contributed by atoms with Crippen molar-refractivity contribution in [2.24, 2.45) is 0 Å². The minimum atomic E-state index is -0.609. The molecular formula is C27H26BN3O5S. The molecule has 2 amide bonds. The highest BCUT2D eigenvalue weighted by Gasteiger charge is 2.39. The number of carbonyl (C=O) groups is 2. The van der Waals surface area contributed by atoms with Gasteiger partial charge in [0.1, 0.15) is 25.2 Å². The molecule has 2 atom stereocenters. The van der Waals surface area contributed by atoms with Crippen molar-refractivity contribution in [3.05, 3.63) is 94.3 Å². The molecule has 8 nitrogen and oxygen atoms in total. The van der Waals surface area contributed by atoms with Gasteiger partial charge in [-0.05, 0) is 36.6 Å². The van der Waals surface area contributed by atoms with Crippen LogP contribution < -0.4 is 9.64 Å². The van der Waals surface area contributed by atoms with Crippen LogP contribution in [-0.2, 0) is 22.6 Å². The Labute approximate surface area is 219 Å². The van der Waals surface area contributed by atoms with E-state index in [4.69, 9.17) is 14.0 Å². The van der Waals surface area contributed by atoms with Gasteiger partial charge in [-0.25, -0.2) is 9.69 Å². The number of thiazole rings is 1. The molecule has 0 radical (unpaired) electrons. The van der Waals surface area contributed by atoms with E-state index in [1.807, 2.05) is 69.4 Å². The molecule has 1 fully saturated rings. The van der Waals surface area contributed by atoms with E-state index in [-0.39, 0.29) is 25.0 Å². The lowest BCUT2D eigenvalue weighted by molar-refractivity contribution is -0.129. The van der Waals surface area contributed by atoms with E-state index in [9.17, 15) is 9.59 Å². The molecule has 0 saturated carbocycles. The maximum atomic E-state index is 13.4. The molecule has 188 valence electrons. The van der Waals surface area contributed by atoms with E-state index >= 15 is 0 Å². The van der Waals surface area contributed by atoms with Crippen molar-refractivity contribution in [1.29, 1.82) is 0 Å². The largest absolute Gasteiger partial charge is 0.488 e. The fourth-order valence-corrected chi connectivity index (χ4v) is 5.37. The third kappa shape index (κ3) is 5.75. The minimum Gasteiger partial charge on any atom is -0.488 e. The van der Waals surface area contributed by atoms with Crippen molar-refractivity contribution < 1.29 is 23.6 Å². The monoisotopic (exact) mass is 515 g/mol. The van der Waals surface area contributed by atoms with E-state index in [0.717, 1.165) is 26.6 Å². The van der Waals surface area contributed by atoms with Gasteiger partial charge in [-0.15, -0.1) is 11.3 Å². The van der Waals surface area contributed by atoms with Gasteiger partial charge in [0.15, 0.2) is 7.85 Å². The fraction of sp³-hybridized carbons (Fsp3) is 0.259. The van der Waals surface area contributed by atoms with Crippen LogP contribution in [0.4, 0.5) is 4.79 Å². The first-order valence-corrected chi connectivity index (χ1v) is 12.9. The van der Waals surface area contributed by atoms with Crippen LogP contribution in [0.15, 0.2) is 71.4 Å². The summed E-state index contributed by atoms with van der Waals surface area (Å²) in [5.74, 6) is 0.00995. The number of imide groups is 1. The summed E-state index contributed by atoms with van der Waals surface area (Å²) in [6.07, 6.45) is 1.46. The maximum absolute atomic E-state index is 13.4. The highest BCUT2D eigenvalue weighted by Crippen LogP contribution is 2.31. The predicted octanol–water partition coefficient (Wildman–Crippen LogP) is 3.39. The number of carbonyl (C=O) groups excluding carboxylic acids is 2. The van der Waals surface area contributed by atoms with E-state index in [1.54, 1.807) is 17.4 Å². The Bertz CT molecular complexity index is 1360. The standard InChI is InChI=1S/C27H26BN3O5S/c1-17-24(37-26(28)29-17)16-34-21-9-7-19(8-10-21)22(23-11-12-36-30-23)14-25(32)31-20(15-35-27(31)33)13-18-5-3-2-4-6-18/h2-12,20,22H,13-16,28H2,1H3/t20-,22-/m0/s1. The van der Waals surface area contributed by atoms with Crippen molar-refractivity contribution >= 4 is 36.1 Å². The Morgan fingerprint density at radius 1 is 1.19 bits per heavy atom. The normalized spacial score (nSPS) is 16.0. The molecule has 0 spiro atoms. The molecule has 1 aliphatic heterocycles. The molecule has 2 aromatic carbocycles. The highest BCUT2D eigenvalue weighted by molar-refractivity contribution is 7.19. The average molecular weight is 515 g/mol. The topological polar surface area (TPSA) is 94.8 Å². The Morgan fingerprint density at radius 2 is 1.97 bits per heavy atom. The van der Waals surface area contributed by atoms with Crippen LogP contribution >= 0.6 is 11.3 Å². The van der Waals surface area contributed by atoms with E-state index in [0.29, 0.717) is 24.5 Å². The summed E-state index contributed by atoms with van der Waals surface area (Å²) >= 11 is 1.62. The molecule has 0 N–H and O–H groups in total. The first-order valence-electron chi connectivity index (χ1n) is 12.1. The summed E-state index contributed by atoms with van der Waals surface area (Å²) in [6.45, 7) is 2.60. The quantitative estimate of drug-likeness (QED) is 0.316. The maximum Gasteiger partial charge on any atom is 0.416 e. The molecule has 0 aliphatic carbocycles. The molecule has 10 heteroatoms. The summed E-state index contributed by atoms with van der Waals surface area (Å²) in [4.78, 5) is 33.7. The second-order valence-corrected chi connectivity index (χ2v) is 10.3. The van der Waals surface area contributed by atoms with Crippen molar-refractivity contribution in [2.75, 3.05) is 6.61 Å². The SMILES string of the molecule is Bc1nc(C)c(COc2ccc([C@H](CC(=O)N3C(=O)OC[C@@H]3Cc3ccccc3)c3ccon3)cc2)s1. The van der Waals surface area contributed by atoms with Gasteiger partial charge in [0.05, 0.1) is 22.3 Å². The number of cyclic esters (lactones) is 1. The van der Waals surface area contributed by atoms with Gasteiger partial charge in [-0.3, -0.25) is 9.78 Å². The van der Waals surface area contributed by atoms with Gasteiger partial charge < -0.3 is 14.0 Å². The van der Waals surface area contributed by atoms with E-state index in [2.05, 4.69) is 10.1 Å². The van der Waals surface area contributed by atoms with Gasteiger partial charge in [0.25, 0.3) is 0 Å². The van der Waals surface area contributed by atoms with Crippen LogP contribution in [0.3, 0.4) is 0 Å². The molecule has 37 heavy (non-hydrogen) atoms. The summed E-state index contributed by atoms with van der Waals surface area (Å²) < 4.78 is 16.3. The van der Waals surface area contributed by atoms with E-state index < -0.39 is 12.0 Å². The number of hydrogen-bond donors (Lipinski definition) is 0. The molecule has 5 rings (SSSR count). The highest BCUT2D eigenvalue weighted by atomic mass is 32.1. The molecule has 0 unspecified atom stereocenters. The van der Waals surface area contributed by atoms with Crippen LogP contribution in [0.25, 0.3) is 0 Å². The molecule has 3 heterocycles. The van der Waals surface area contributed by atoms with E-state index in [1.165, 1.54) is 11.2 Å². The van der Waals surface area contributed by atoms with Gasteiger partial charge >= 0.3 is 6.09 Å². The zero-order chi connectivity index (χ0) is 25.8. The fourth-order valence-electron chi connectivity index (χ4n) is 4.52. The molecular weight excluding hydrogens is 489 g/mol. The lowest BCUT2D eigenvalue weighted by Gasteiger charge is -2.22. The average Bonchev–Trinajstić information content (AvgIpc) is 3.63. The first kappa shape index (κ1) is 24.8. The predicted molar refractivity (Wildman–Crippen MR) is 141 cm³/mol. The zero-order valence-electron chi connectivity index (χ0n) is 20.6. The third-order valence-corrected chi connectivity index (χ3v) is 7.44. The number of hydrogen-bond acceptors (Lipinski definition) is 8. The number of nitrogens with zero attached hydrogens (tertiary/aromatic N) is 3. The summed E-state index contributed by atoms with van der Waals surface area (Å²) in [5.41, 5.74) is 3.50. The second kappa shape index (κ2) is 11.0. The summed E-state index contributed by atoms with van der Waals surface area (Å²) in [5, 5.41) is 4.09. The smallest absolute Gasteiger partial charge is 0.416 e. The molecule has 1 aliphatic rings. The lowest BCUT2D eigenvalue weighted by atomic mass is 9.91. The Hall–Kier alpha value is -3.92. The van der Waals surface area contributed by atoms with Crippen LogP contribution in [0.2, 0.25) is 0 Å². The van der Waals surface area contributed by atoms with Gasteiger partial charge in [-0.2, -0.15) is 0 Å². The van der Waals surface area contributed by atoms with Crippen molar-refractivity contribution in [3.63, 3.8) is 0 Å². The van der Waals surface area contributed by atoms with Gasteiger partial charge in [0, 0.05) is 23.3 Å². The lowest BCUT2D eigenvalue weighted by Crippen LogP contribution is -2.40. The Balaban J connectivity index is 1.30. The third-order valence-electron chi connectivity index (χ3n) is 6.39. The van der Waals surface area contributed by atoms with Gasteiger partial charge in [0.2, 0.25) is 5.91 Å². The number of amides is 2. The summed E-state index contributed by atoms with van der Waals surface area (Å²) in [6, 6.07) is 18.7. The molecule has 2 aromatic heterocycles.